The molecule has 0 saturated carbocycles. The molecule has 1 heterocycles. The fourth-order valence-corrected chi connectivity index (χ4v) is 1.54. The number of carboxylic acid groups (broad SMARTS) is 1. The Hall–Kier alpha value is -2.95. The van der Waals surface area contributed by atoms with Gasteiger partial charge < -0.3 is 15.3 Å². The molecule has 1 aromatic carbocycles. The smallest absolute Gasteiger partial charge is 0.353 e. The molecule has 102 valence electrons. The van der Waals surface area contributed by atoms with E-state index in [9.17, 15) is 14.0 Å². The van der Waals surface area contributed by atoms with Gasteiger partial charge in [-0.15, -0.1) is 0 Å². The van der Waals surface area contributed by atoms with E-state index >= 15 is 0 Å². The van der Waals surface area contributed by atoms with Gasteiger partial charge in [-0.2, -0.15) is 5.26 Å². The van der Waals surface area contributed by atoms with E-state index in [4.69, 9.17) is 10.4 Å². The number of hydrogen-bond acceptors (Lipinski definition) is 5. The van der Waals surface area contributed by atoms with Crippen LogP contribution in [0.5, 0.6) is 0 Å². The highest BCUT2D eigenvalue weighted by molar-refractivity contribution is 6.36. The summed E-state index contributed by atoms with van der Waals surface area (Å²) in [7, 11) is 0. The van der Waals surface area contributed by atoms with Crippen molar-refractivity contribution in [3.05, 3.63) is 29.6 Å². The number of aliphatic carboxylic acids is 1. The summed E-state index contributed by atoms with van der Waals surface area (Å²) >= 11 is 0. The van der Waals surface area contributed by atoms with Gasteiger partial charge in [-0.25, -0.2) is 9.18 Å². The van der Waals surface area contributed by atoms with Gasteiger partial charge in [0, 0.05) is 6.42 Å². The van der Waals surface area contributed by atoms with Crippen LogP contribution in [-0.4, -0.2) is 28.8 Å². The van der Waals surface area contributed by atoms with E-state index in [1.807, 2.05) is 0 Å². The lowest BCUT2D eigenvalue weighted by atomic mass is 10.1. The Balaban J connectivity index is 2.03. The Kier molecular flexibility index (Phi) is 3.61. The lowest BCUT2D eigenvalue weighted by molar-refractivity contribution is -0.129. The van der Waals surface area contributed by atoms with Crippen LogP contribution in [0.25, 0.3) is 0 Å². The Morgan fingerprint density at radius 3 is 2.85 bits per heavy atom. The van der Waals surface area contributed by atoms with Crippen molar-refractivity contribution in [1.82, 2.24) is 0 Å². The standard InChI is InChI=1S/C12H8FN3O4/c13-7-3-6(5-14)1-2-8(7)15-11(17)10-4-9(12(18)19)16-20-10/h1-3,10H,4H2,(H,15,17)(H,18,19). The fraction of sp³-hybridized carbons (Fsp3) is 0.167. The molecule has 1 aliphatic rings. The summed E-state index contributed by atoms with van der Waals surface area (Å²) in [5, 5.41) is 22.8. The van der Waals surface area contributed by atoms with Crippen LogP contribution >= 0.6 is 0 Å². The molecule has 0 radical (unpaired) electrons. The third-order valence-electron chi connectivity index (χ3n) is 2.56. The molecule has 1 aliphatic heterocycles. The molecule has 0 aromatic heterocycles. The molecule has 0 spiro atoms. The van der Waals surface area contributed by atoms with Crippen LogP contribution in [0, 0.1) is 17.1 Å². The van der Waals surface area contributed by atoms with Crippen LogP contribution in [0.1, 0.15) is 12.0 Å². The van der Waals surface area contributed by atoms with Crippen molar-refractivity contribution >= 4 is 23.3 Å². The van der Waals surface area contributed by atoms with Gasteiger partial charge in [0.25, 0.3) is 5.91 Å². The number of nitrogens with one attached hydrogen (secondary N) is 1. The molecule has 0 bridgehead atoms. The summed E-state index contributed by atoms with van der Waals surface area (Å²) in [6, 6.07) is 5.31. The van der Waals surface area contributed by atoms with E-state index in [0.29, 0.717) is 0 Å². The lowest BCUT2D eigenvalue weighted by Crippen LogP contribution is -2.29. The van der Waals surface area contributed by atoms with Crippen molar-refractivity contribution in [2.24, 2.45) is 5.16 Å². The number of carbonyl (C=O) groups is 2. The average molecular weight is 277 g/mol. The van der Waals surface area contributed by atoms with E-state index in [1.54, 1.807) is 6.07 Å². The number of halogens is 1. The molecule has 1 atom stereocenters. The van der Waals surface area contributed by atoms with Gasteiger partial charge in [0.05, 0.1) is 17.3 Å². The molecule has 0 fully saturated rings. The summed E-state index contributed by atoms with van der Waals surface area (Å²) in [6.45, 7) is 0. The van der Waals surface area contributed by atoms with Crippen molar-refractivity contribution in [3.63, 3.8) is 0 Å². The maximum absolute atomic E-state index is 13.6. The molecule has 7 nitrogen and oxygen atoms in total. The topological polar surface area (TPSA) is 112 Å². The number of benzene rings is 1. The first-order valence-electron chi connectivity index (χ1n) is 5.47. The van der Waals surface area contributed by atoms with Crippen LogP contribution in [0.4, 0.5) is 10.1 Å². The van der Waals surface area contributed by atoms with Gasteiger partial charge >= 0.3 is 5.97 Å². The van der Waals surface area contributed by atoms with E-state index in [0.717, 1.165) is 6.07 Å². The van der Waals surface area contributed by atoms with Crippen molar-refractivity contribution in [3.8, 4) is 6.07 Å². The van der Waals surface area contributed by atoms with Crippen LogP contribution in [0.3, 0.4) is 0 Å². The summed E-state index contributed by atoms with van der Waals surface area (Å²) in [4.78, 5) is 27.0. The minimum atomic E-state index is -1.27. The molecular weight excluding hydrogens is 269 g/mol. The lowest BCUT2D eigenvalue weighted by Gasteiger charge is -2.10. The molecule has 2 rings (SSSR count). The highest BCUT2D eigenvalue weighted by atomic mass is 19.1. The number of rotatable bonds is 3. The monoisotopic (exact) mass is 277 g/mol. The van der Waals surface area contributed by atoms with Gasteiger partial charge in [-0.05, 0) is 18.2 Å². The van der Waals surface area contributed by atoms with Crippen molar-refractivity contribution < 1.29 is 23.9 Å². The van der Waals surface area contributed by atoms with E-state index < -0.39 is 23.8 Å². The maximum atomic E-state index is 13.6. The molecule has 20 heavy (non-hydrogen) atoms. The first-order valence-corrected chi connectivity index (χ1v) is 5.47. The van der Waals surface area contributed by atoms with Gasteiger partial charge in [-0.1, -0.05) is 5.16 Å². The van der Waals surface area contributed by atoms with Crippen LogP contribution < -0.4 is 5.32 Å². The quantitative estimate of drug-likeness (QED) is 0.851. The third-order valence-corrected chi connectivity index (χ3v) is 2.56. The van der Waals surface area contributed by atoms with Crippen molar-refractivity contribution in [2.75, 3.05) is 5.32 Å². The van der Waals surface area contributed by atoms with Crippen LogP contribution in [0.2, 0.25) is 0 Å². The Morgan fingerprint density at radius 1 is 1.55 bits per heavy atom. The first-order chi connectivity index (χ1) is 9.51. The molecule has 2 N–H and O–H groups in total. The SMILES string of the molecule is N#Cc1ccc(NC(=O)C2CC(C(=O)O)=NO2)c(F)c1. The number of amides is 1. The number of anilines is 1. The highest BCUT2D eigenvalue weighted by Crippen LogP contribution is 2.18. The fourth-order valence-electron chi connectivity index (χ4n) is 1.54. The molecule has 1 unspecified atom stereocenters. The van der Waals surface area contributed by atoms with E-state index in [2.05, 4.69) is 15.3 Å². The molecule has 8 heteroatoms. The van der Waals surface area contributed by atoms with Crippen LogP contribution in [0.15, 0.2) is 23.4 Å². The minimum Gasteiger partial charge on any atom is -0.477 e. The third kappa shape index (κ3) is 2.72. The summed E-state index contributed by atoms with van der Waals surface area (Å²) < 4.78 is 13.6. The van der Waals surface area contributed by atoms with E-state index in [-0.39, 0.29) is 23.4 Å². The highest BCUT2D eigenvalue weighted by Gasteiger charge is 2.31. The zero-order valence-corrected chi connectivity index (χ0v) is 9.96. The van der Waals surface area contributed by atoms with Gasteiger partial charge in [0.15, 0.2) is 5.71 Å². The Bertz CT molecular complexity index is 651. The Morgan fingerprint density at radius 2 is 2.30 bits per heavy atom. The van der Waals surface area contributed by atoms with Crippen LogP contribution in [-0.2, 0) is 14.4 Å². The summed E-state index contributed by atoms with van der Waals surface area (Å²) in [6.07, 6.45) is -1.31. The number of hydrogen-bond donors (Lipinski definition) is 2. The molecular formula is C12H8FN3O4. The predicted molar refractivity (Wildman–Crippen MR) is 64.3 cm³/mol. The summed E-state index contributed by atoms with van der Waals surface area (Å²) in [5.74, 6) is -2.76. The number of carbonyl (C=O) groups excluding carboxylic acids is 1. The molecule has 1 amide bonds. The normalized spacial score (nSPS) is 16.8. The van der Waals surface area contributed by atoms with Gasteiger partial charge in [0.2, 0.25) is 6.10 Å². The number of carboxylic acids is 1. The van der Waals surface area contributed by atoms with E-state index in [1.165, 1.54) is 12.1 Å². The summed E-state index contributed by atoms with van der Waals surface area (Å²) in [5.41, 5.74) is -0.277. The molecule has 1 aromatic rings. The number of nitrogens with zero attached hydrogens (tertiary/aromatic N) is 2. The first kappa shape index (κ1) is 13.5. The molecule has 0 saturated heterocycles. The second kappa shape index (κ2) is 5.36. The zero-order valence-electron chi connectivity index (χ0n) is 9.96. The molecule has 0 aliphatic carbocycles. The van der Waals surface area contributed by atoms with Crippen molar-refractivity contribution in [2.45, 2.75) is 12.5 Å². The number of nitriles is 1. The number of oxime groups is 1. The van der Waals surface area contributed by atoms with Crippen molar-refractivity contribution in [1.29, 1.82) is 5.26 Å². The second-order valence-electron chi connectivity index (χ2n) is 3.94. The Labute approximate surface area is 112 Å². The van der Waals surface area contributed by atoms with Gasteiger partial charge in [-0.3, -0.25) is 4.79 Å². The average Bonchev–Trinajstić information content (AvgIpc) is 2.91. The second-order valence-corrected chi connectivity index (χ2v) is 3.94. The van der Waals surface area contributed by atoms with Gasteiger partial charge in [0.1, 0.15) is 5.82 Å². The maximum Gasteiger partial charge on any atom is 0.353 e. The predicted octanol–water partition coefficient (Wildman–Crippen LogP) is 0.865. The minimum absolute atomic E-state index is 0.120. The largest absolute Gasteiger partial charge is 0.477 e. The zero-order chi connectivity index (χ0) is 14.7.